The van der Waals surface area contributed by atoms with Crippen LogP contribution in [0.25, 0.3) is 0 Å². The number of hydrogen-bond acceptors (Lipinski definition) is 2. The van der Waals surface area contributed by atoms with Gasteiger partial charge in [0.05, 0.1) is 0 Å². The lowest BCUT2D eigenvalue weighted by molar-refractivity contribution is 0.366. The second-order valence-electron chi connectivity index (χ2n) is 5.29. The number of hydrogen-bond donors (Lipinski definition) is 1. The van der Waals surface area contributed by atoms with Crippen molar-refractivity contribution < 1.29 is 0 Å². The van der Waals surface area contributed by atoms with E-state index in [1.807, 2.05) is 12.4 Å². The largest absolute Gasteiger partial charge is 0.313 e. The molecule has 1 rings (SSSR count). The van der Waals surface area contributed by atoms with Crippen LogP contribution in [-0.4, -0.2) is 11.5 Å². The Hall–Kier alpha value is -0.890. The number of nitrogens with zero attached hydrogens (tertiary/aromatic N) is 1. The van der Waals surface area contributed by atoms with Gasteiger partial charge in [0.1, 0.15) is 0 Å². The lowest BCUT2D eigenvalue weighted by Gasteiger charge is -2.18. The van der Waals surface area contributed by atoms with Crippen molar-refractivity contribution in [2.45, 2.75) is 40.7 Å². The molecule has 0 amide bonds. The maximum Gasteiger partial charge on any atom is 0.0300 e. The smallest absolute Gasteiger partial charge is 0.0300 e. The first-order valence-corrected chi connectivity index (χ1v) is 5.59. The molecule has 15 heavy (non-hydrogen) atoms. The fraction of sp³-hybridized carbons (Fsp3) is 0.615. The highest BCUT2D eigenvalue weighted by atomic mass is 14.8. The predicted octanol–water partition coefficient (Wildman–Crippen LogP) is 2.92. The van der Waals surface area contributed by atoms with Gasteiger partial charge in [0.25, 0.3) is 0 Å². The molecule has 0 spiro atoms. The lowest BCUT2D eigenvalue weighted by atomic mass is 9.92. The number of aryl methyl sites for hydroxylation is 1. The molecule has 0 aromatic carbocycles. The molecule has 0 saturated heterocycles. The van der Waals surface area contributed by atoms with Crippen molar-refractivity contribution in [3.63, 3.8) is 0 Å². The minimum atomic E-state index is 0.417. The van der Waals surface area contributed by atoms with E-state index in [1.165, 1.54) is 17.5 Å². The van der Waals surface area contributed by atoms with Crippen molar-refractivity contribution in [2.24, 2.45) is 5.41 Å². The van der Waals surface area contributed by atoms with Crippen LogP contribution >= 0.6 is 0 Å². The van der Waals surface area contributed by atoms with Gasteiger partial charge in [-0.25, -0.2) is 0 Å². The van der Waals surface area contributed by atoms with Crippen LogP contribution in [0.15, 0.2) is 18.5 Å². The maximum atomic E-state index is 4.08. The number of rotatable bonds is 4. The van der Waals surface area contributed by atoms with E-state index < -0.39 is 0 Å². The Morgan fingerprint density at radius 2 is 2.07 bits per heavy atom. The second-order valence-corrected chi connectivity index (χ2v) is 5.29. The lowest BCUT2D eigenvalue weighted by Crippen LogP contribution is -2.20. The standard InChI is InChI=1S/C13H22N2/c1-11-9-14-7-5-12(11)10-15-8-6-13(2,3)4/h5,7,9,15H,6,8,10H2,1-4H3. The summed E-state index contributed by atoms with van der Waals surface area (Å²) in [7, 11) is 0. The zero-order valence-electron chi connectivity index (χ0n) is 10.3. The molecule has 2 nitrogen and oxygen atoms in total. The van der Waals surface area contributed by atoms with Crippen molar-refractivity contribution in [3.05, 3.63) is 29.6 Å². The molecule has 0 aliphatic carbocycles. The topological polar surface area (TPSA) is 24.9 Å². The van der Waals surface area contributed by atoms with Gasteiger partial charge in [0, 0.05) is 18.9 Å². The van der Waals surface area contributed by atoms with Crippen molar-refractivity contribution in [2.75, 3.05) is 6.54 Å². The van der Waals surface area contributed by atoms with Crippen LogP contribution in [-0.2, 0) is 6.54 Å². The number of aromatic nitrogens is 1. The summed E-state index contributed by atoms with van der Waals surface area (Å²) >= 11 is 0. The molecule has 1 heterocycles. The monoisotopic (exact) mass is 206 g/mol. The highest BCUT2D eigenvalue weighted by Gasteiger charge is 2.08. The molecular weight excluding hydrogens is 184 g/mol. The summed E-state index contributed by atoms with van der Waals surface area (Å²) in [6, 6.07) is 2.08. The Balaban J connectivity index is 2.30. The third-order valence-corrected chi connectivity index (χ3v) is 2.50. The molecule has 1 N–H and O–H groups in total. The molecule has 84 valence electrons. The van der Waals surface area contributed by atoms with Gasteiger partial charge < -0.3 is 5.32 Å². The number of nitrogens with one attached hydrogen (secondary N) is 1. The van der Waals surface area contributed by atoms with Crippen molar-refractivity contribution >= 4 is 0 Å². The van der Waals surface area contributed by atoms with Crippen LogP contribution in [0.2, 0.25) is 0 Å². The van der Waals surface area contributed by atoms with Gasteiger partial charge >= 0.3 is 0 Å². The normalized spacial score (nSPS) is 11.7. The third kappa shape index (κ3) is 4.93. The van der Waals surface area contributed by atoms with Crippen molar-refractivity contribution in [1.82, 2.24) is 10.3 Å². The van der Waals surface area contributed by atoms with E-state index in [0.717, 1.165) is 13.1 Å². The molecule has 0 aliphatic heterocycles. The predicted molar refractivity (Wildman–Crippen MR) is 64.8 cm³/mol. The number of pyridine rings is 1. The zero-order chi connectivity index (χ0) is 11.3. The first-order valence-electron chi connectivity index (χ1n) is 5.59. The SMILES string of the molecule is Cc1cnccc1CNCCC(C)(C)C. The molecule has 0 saturated carbocycles. The molecule has 0 bridgehead atoms. The van der Waals surface area contributed by atoms with E-state index in [4.69, 9.17) is 0 Å². The van der Waals surface area contributed by atoms with Gasteiger partial charge in [0.15, 0.2) is 0 Å². The summed E-state index contributed by atoms with van der Waals surface area (Å²) in [4.78, 5) is 4.08. The highest BCUT2D eigenvalue weighted by molar-refractivity contribution is 5.21. The van der Waals surface area contributed by atoms with Gasteiger partial charge in [-0.3, -0.25) is 4.98 Å². The fourth-order valence-electron chi connectivity index (χ4n) is 1.39. The Kier molecular flexibility index (Phi) is 4.28. The molecular formula is C13H22N2. The second kappa shape index (κ2) is 5.26. The molecule has 1 aromatic rings. The third-order valence-electron chi connectivity index (χ3n) is 2.50. The molecule has 0 aliphatic rings. The Morgan fingerprint density at radius 3 is 2.67 bits per heavy atom. The van der Waals surface area contributed by atoms with E-state index in [1.54, 1.807) is 0 Å². The van der Waals surface area contributed by atoms with E-state index in [9.17, 15) is 0 Å². The average Bonchev–Trinajstić information content (AvgIpc) is 2.13. The van der Waals surface area contributed by atoms with Gasteiger partial charge in [-0.15, -0.1) is 0 Å². The Labute approximate surface area is 93.1 Å². The molecule has 0 fully saturated rings. The van der Waals surface area contributed by atoms with Gasteiger partial charge in [-0.1, -0.05) is 20.8 Å². The summed E-state index contributed by atoms with van der Waals surface area (Å²) in [5.41, 5.74) is 3.03. The van der Waals surface area contributed by atoms with Crippen LogP contribution < -0.4 is 5.32 Å². The van der Waals surface area contributed by atoms with Gasteiger partial charge in [-0.05, 0) is 42.5 Å². The summed E-state index contributed by atoms with van der Waals surface area (Å²) in [6.45, 7) is 10.9. The maximum absolute atomic E-state index is 4.08. The minimum Gasteiger partial charge on any atom is -0.313 e. The summed E-state index contributed by atoms with van der Waals surface area (Å²) in [5, 5.41) is 3.47. The first kappa shape index (κ1) is 12.2. The molecule has 1 aromatic heterocycles. The summed E-state index contributed by atoms with van der Waals surface area (Å²) < 4.78 is 0. The Morgan fingerprint density at radius 1 is 1.33 bits per heavy atom. The van der Waals surface area contributed by atoms with E-state index in [-0.39, 0.29) is 0 Å². The summed E-state index contributed by atoms with van der Waals surface area (Å²) in [5.74, 6) is 0. The van der Waals surface area contributed by atoms with Crippen LogP contribution in [0.5, 0.6) is 0 Å². The first-order chi connectivity index (χ1) is 6.99. The molecule has 2 heteroatoms. The van der Waals surface area contributed by atoms with Gasteiger partial charge in [0.2, 0.25) is 0 Å². The van der Waals surface area contributed by atoms with E-state index in [2.05, 4.69) is 44.1 Å². The van der Waals surface area contributed by atoms with Crippen LogP contribution in [0.1, 0.15) is 38.3 Å². The van der Waals surface area contributed by atoms with E-state index >= 15 is 0 Å². The molecule has 0 radical (unpaired) electrons. The molecule has 0 atom stereocenters. The highest BCUT2D eigenvalue weighted by Crippen LogP contribution is 2.17. The average molecular weight is 206 g/mol. The summed E-state index contributed by atoms with van der Waals surface area (Å²) in [6.07, 6.45) is 4.98. The molecule has 0 unspecified atom stereocenters. The minimum absolute atomic E-state index is 0.417. The quantitative estimate of drug-likeness (QED) is 0.766. The van der Waals surface area contributed by atoms with Crippen molar-refractivity contribution in [3.8, 4) is 0 Å². The van der Waals surface area contributed by atoms with Crippen LogP contribution in [0, 0.1) is 12.3 Å². The zero-order valence-corrected chi connectivity index (χ0v) is 10.3. The fourth-order valence-corrected chi connectivity index (χ4v) is 1.39. The van der Waals surface area contributed by atoms with E-state index in [0.29, 0.717) is 5.41 Å². The van der Waals surface area contributed by atoms with Gasteiger partial charge in [-0.2, -0.15) is 0 Å². The van der Waals surface area contributed by atoms with Crippen LogP contribution in [0.3, 0.4) is 0 Å². The van der Waals surface area contributed by atoms with Crippen molar-refractivity contribution in [1.29, 1.82) is 0 Å². The Bertz CT molecular complexity index is 300. The van der Waals surface area contributed by atoms with Crippen LogP contribution in [0.4, 0.5) is 0 Å².